The van der Waals surface area contributed by atoms with Gasteiger partial charge in [0.15, 0.2) is 0 Å². The molecule has 5 nitrogen and oxygen atoms in total. The van der Waals surface area contributed by atoms with Crippen molar-refractivity contribution >= 4 is 12.0 Å². The molecule has 0 saturated heterocycles. The van der Waals surface area contributed by atoms with Gasteiger partial charge in [0.25, 0.3) is 0 Å². The Bertz CT molecular complexity index is 562. The number of rotatable bonds is 5. The minimum atomic E-state index is -0.206. The SMILES string of the molecule is COc1ncccc1CNC(=O)C=Cc1ccco1. The molecule has 0 radical (unpaired) electrons. The van der Waals surface area contributed by atoms with Gasteiger partial charge in [0.1, 0.15) is 5.76 Å². The zero-order valence-electron chi connectivity index (χ0n) is 10.5. The number of ether oxygens (including phenoxy) is 1. The Kier molecular flexibility index (Phi) is 4.34. The van der Waals surface area contributed by atoms with Gasteiger partial charge in [0.2, 0.25) is 11.8 Å². The fourth-order valence-electron chi connectivity index (χ4n) is 1.53. The normalized spacial score (nSPS) is 10.6. The highest BCUT2D eigenvalue weighted by molar-refractivity contribution is 5.91. The lowest BCUT2D eigenvalue weighted by Gasteiger charge is -2.06. The summed E-state index contributed by atoms with van der Waals surface area (Å²) in [4.78, 5) is 15.7. The third-order valence-electron chi connectivity index (χ3n) is 2.44. The summed E-state index contributed by atoms with van der Waals surface area (Å²) in [5.41, 5.74) is 0.824. The Balaban J connectivity index is 1.90. The minimum absolute atomic E-state index is 0.206. The molecule has 0 saturated carbocycles. The summed E-state index contributed by atoms with van der Waals surface area (Å²) in [6.07, 6.45) is 6.22. The number of methoxy groups -OCH3 is 1. The van der Waals surface area contributed by atoms with Crippen molar-refractivity contribution in [2.75, 3.05) is 7.11 Å². The molecule has 0 unspecified atom stereocenters. The molecule has 98 valence electrons. The van der Waals surface area contributed by atoms with Crippen LogP contribution in [0.15, 0.2) is 47.2 Å². The summed E-state index contributed by atoms with van der Waals surface area (Å²) < 4.78 is 10.2. The summed E-state index contributed by atoms with van der Waals surface area (Å²) in [5, 5.41) is 2.75. The highest BCUT2D eigenvalue weighted by Gasteiger charge is 2.04. The van der Waals surface area contributed by atoms with Crippen LogP contribution in [0.1, 0.15) is 11.3 Å². The Labute approximate surface area is 110 Å². The monoisotopic (exact) mass is 258 g/mol. The van der Waals surface area contributed by atoms with Crippen molar-refractivity contribution < 1.29 is 13.9 Å². The van der Waals surface area contributed by atoms with E-state index in [9.17, 15) is 4.79 Å². The number of furan rings is 1. The lowest BCUT2D eigenvalue weighted by atomic mass is 10.2. The highest BCUT2D eigenvalue weighted by Crippen LogP contribution is 2.12. The maximum atomic E-state index is 11.6. The molecule has 1 amide bonds. The molecule has 0 atom stereocenters. The van der Waals surface area contributed by atoms with Crippen molar-refractivity contribution in [3.05, 3.63) is 54.1 Å². The molecule has 0 fully saturated rings. The van der Waals surface area contributed by atoms with E-state index in [1.54, 1.807) is 43.8 Å². The molecule has 2 aromatic heterocycles. The molecular formula is C14H14N2O3. The molecule has 19 heavy (non-hydrogen) atoms. The quantitative estimate of drug-likeness (QED) is 0.833. The van der Waals surface area contributed by atoms with Crippen LogP contribution in [0.5, 0.6) is 5.88 Å². The van der Waals surface area contributed by atoms with E-state index in [2.05, 4.69) is 10.3 Å². The van der Waals surface area contributed by atoms with E-state index in [0.717, 1.165) is 5.56 Å². The summed E-state index contributed by atoms with van der Waals surface area (Å²) in [6.45, 7) is 0.359. The van der Waals surface area contributed by atoms with E-state index in [4.69, 9.17) is 9.15 Å². The van der Waals surface area contributed by atoms with Crippen LogP contribution in [0.25, 0.3) is 6.08 Å². The van der Waals surface area contributed by atoms with Crippen LogP contribution in [0.4, 0.5) is 0 Å². The summed E-state index contributed by atoms with van der Waals surface area (Å²) in [5.74, 6) is 0.939. The van der Waals surface area contributed by atoms with Crippen LogP contribution in [-0.2, 0) is 11.3 Å². The topological polar surface area (TPSA) is 64.4 Å². The van der Waals surface area contributed by atoms with Crippen LogP contribution in [-0.4, -0.2) is 18.0 Å². The van der Waals surface area contributed by atoms with Crippen LogP contribution >= 0.6 is 0 Å². The van der Waals surface area contributed by atoms with Gasteiger partial charge in [0.05, 0.1) is 13.4 Å². The van der Waals surface area contributed by atoms with Crippen LogP contribution in [0.2, 0.25) is 0 Å². The number of nitrogens with zero attached hydrogens (tertiary/aromatic N) is 1. The van der Waals surface area contributed by atoms with Gasteiger partial charge >= 0.3 is 0 Å². The van der Waals surface area contributed by atoms with Crippen LogP contribution in [0.3, 0.4) is 0 Å². The number of carbonyl (C=O) groups is 1. The van der Waals surface area contributed by atoms with Crippen molar-refractivity contribution in [2.24, 2.45) is 0 Å². The van der Waals surface area contributed by atoms with E-state index >= 15 is 0 Å². The second-order valence-electron chi connectivity index (χ2n) is 3.74. The van der Waals surface area contributed by atoms with Gasteiger partial charge in [0, 0.05) is 24.4 Å². The third-order valence-corrected chi connectivity index (χ3v) is 2.44. The lowest BCUT2D eigenvalue weighted by Crippen LogP contribution is -2.20. The average molecular weight is 258 g/mol. The van der Waals surface area contributed by atoms with Crippen LogP contribution in [0, 0.1) is 0 Å². The predicted molar refractivity (Wildman–Crippen MR) is 70.4 cm³/mol. The largest absolute Gasteiger partial charge is 0.481 e. The summed E-state index contributed by atoms with van der Waals surface area (Å²) in [6, 6.07) is 7.18. The maximum absolute atomic E-state index is 11.6. The van der Waals surface area contributed by atoms with E-state index < -0.39 is 0 Å². The molecule has 5 heteroatoms. The number of hydrogen-bond acceptors (Lipinski definition) is 4. The molecule has 2 heterocycles. The molecule has 2 aromatic rings. The average Bonchev–Trinajstić information content (AvgIpc) is 2.96. The zero-order chi connectivity index (χ0) is 13.5. The molecular weight excluding hydrogens is 244 g/mol. The van der Waals surface area contributed by atoms with Crippen molar-refractivity contribution in [1.82, 2.24) is 10.3 Å². The molecule has 1 N–H and O–H groups in total. The van der Waals surface area contributed by atoms with Gasteiger partial charge < -0.3 is 14.5 Å². The minimum Gasteiger partial charge on any atom is -0.481 e. The van der Waals surface area contributed by atoms with Crippen molar-refractivity contribution in [1.29, 1.82) is 0 Å². The van der Waals surface area contributed by atoms with Crippen molar-refractivity contribution in [2.45, 2.75) is 6.54 Å². The Morgan fingerprint density at radius 3 is 3.11 bits per heavy atom. The van der Waals surface area contributed by atoms with Crippen molar-refractivity contribution in [3.8, 4) is 5.88 Å². The van der Waals surface area contributed by atoms with E-state index in [0.29, 0.717) is 18.2 Å². The fraction of sp³-hybridized carbons (Fsp3) is 0.143. The lowest BCUT2D eigenvalue weighted by molar-refractivity contribution is -0.116. The first-order chi connectivity index (χ1) is 9.29. The summed E-state index contributed by atoms with van der Waals surface area (Å²) >= 11 is 0. The number of pyridine rings is 1. The van der Waals surface area contributed by atoms with E-state index in [1.807, 2.05) is 6.07 Å². The number of amides is 1. The molecule has 0 spiro atoms. The summed E-state index contributed by atoms with van der Waals surface area (Å²) in [7, 11) is 1.55. The first-order valence-corrected chi connectivity index (χ1v) is 5.77. The molecule has 0 aromatic carbocycles. The molecule has 0 aliphatic rings. The molecule has 0 bridgehead atoms. The second kappa shape index (κ2) is 6.39. The van der Waals surface area contributed by atoms with E-state index in [1.165, 1.54) is 6.08 Å². The predicted octanol–water partition coefficient (Wildman–Crippen LogP) is 2.01. The molecule has 0 aliphatic carbocycles. The fourth-order valence-corrected chi connectivity index (χ4v) is 1.53. The van der Waals surface area contributed by atoms with Gasteiger partial charge in [-0.3, -0.25) is 4.79 Å². The van der Waals surface area contributed by atoms with Gasteiger partial charge in [-0.1, -0.05) is 6.07 Å². The number of carbonyl (C=O) groups excluding carboxylic acids is 1. The van der Waals surface area contributed by atoms with E-state index in [-0.39, 0.29) is 5.91 Å². The number of aromatic nitrogens is 1. The van der Waals surface area contributed by atoms with Crippen LogP contribution < -0.4 is 10.1 Å². The standard InChI is InChI=1S/C14H14N2O3/c1-18-14-11(4-2-8-15-14)10-16-13(17)7-6-12-5-3-9-19-12/h2-9H,10H2,1H3,(H,16,17). The Morgan fingerprint density at radius 2 is 2.37 bits per heavy atom. The highest BCUT2D eigenvalue weighted by atomic mass is 16.5. The first-order valence-electron chi connectivity index (χ1n) is 5.77. The van der Waals surface area contributed by atoms with Gasteiger partial charge in [-0.15, -0.1) is 0 Å². The third kappa shape index (κ3) is 3.70. The smallest absolute Gasteiger partial charge is 0.244 e. The Hall–Kier alpha value is -2.56. The second-order valence-corrected chi connectivity index (χ2v) is 3.74. The number of nitrogens with one attached hydrogen (secondary N) is 1. The maximum Gasteiger partial charge on any atom is 0.244 e. The molecule has 0 aliphatic heterocycles. The van der Waals surface area contributed by atoms with Gasteiger partial charge in [-0.25, -0.2) is 4.98 Å². The Morgan fingerprint density at radius 1 is 1.47 bits per heavy atom. The number of hydrogen-bond donors (Lipinski definition) is 1. The first kappa shape index (κ1) is 12.9. The van der Waals surface area contributed by atoms with Crippen molar-refractivity contribution in [3.63, 3.8) is 0 Å². The van der Waals surface area contributed by atoms with Gasteiger partial charge in [-0.05, 0) is 24.3 Å². The molecule has 2 rings (SSSR count). The van der Waals surface area contributed by atoms with Gasteiger partial charge in [-0.2, -0.15) is 0 Å². The zero-order valence-corrected chi connectivity index (χ0v) is 10.5.